The second-order valence-electron chi connectivity index (χ2n) is 7.86. The van der Waals surface area contributed by atoms with Crippen LogP contribution in [0.4, 0.5) is 5.13 Å². The lowest BCUT2D eigenvalue weighted by molar-refractivity contribution is -0.118. The van der Waals surface area contributed by atoms with Crippen LogP contribution in [0.5, 0.6) is 0 Å². The molecule has 0 bridgehead atoms. The second kappa shape index (κ2) is 9.63. The van der Waals surface area contributed by atoms with Crippen LogP contribution >= 0.6 is 22.9 Å². The van der Waals surface area contributed by atoms with E-state index < -0.39 is 9.84 Å². The van der Waals surface area contributed by atoms with Crippen molar-refractivity contribution in [3.63, 3.8) is 0 Å². The first-order chi connectivity index (χ1) is 15.7. The highest BCUT2D eigenvalue weighted by Crippen LogP contribution is 2.34. The molecular formula is C25H23ClN2O3S2. The van der Waals surface area contributed by atoms with Crippen molar-refractivity contribution in [2.75, 3.05) is 10.7 Å². The molecule has 0 aliphatic rings. The number of hydrogen-bond acceptors (Lipinski definition) is 5. The van der Waals surface area contributed by atoms with Crippen molar-refractivity contribution >= 4 is 54.0 Å². The van der Waals surface area contributed by atoms with Gasteiger partial charge in [0.2, 0.25) is 5.91 Å². The Kier molecular flexibility index (Phi) is 6.83. The average Bonchev–Trinajstić information content (AvgIpc) is 3.24. The summed E-state index contributed by atoms with van der Waals surface area (Å²) in [6.45, 7) is 4.09. The van der Waals surface area contributed by atoms with Crippen LogP contribution < -0.4 is 4.90 Å². The van der Waals surface area contributed by atoms with Crippen LogP contribution in [0.15, 0.2) is 71.6 Å². The van der Waals surface area contributed by atoms with E-state index in [4.69, 9.17) is 16.6 Å². The van der Waals surface area contributed by atoms with Crippen molar-refractivity contribution < 1.29 is 13.2 Å². The van der Waals surface area contributed by atoms with Gasteiger partial charge in [0.1, 0.15) is 0 Å². The molecule has 0 aliphatic carbocycles. The number of sulfone groups is 1. The molecule has 4 rings (SSSR count). The van der Waals surface area contributed by atoms with Gasteiger partial charge in [-0.25, -0.2) is 13.4 Å². The summed E-state index contributed by atoms with van der Waals surface area (Å²) < 4.78 is 26.5. The summed E-state index contributed by atoms with van der Waals surface area (Å²) in [5.41, 5.74) is 3.51. The third-order valence-electron chi connectivity index (χ3n) is 5.42. The number of nitrogens with zero attached hydrogens (tertiary/aromatic N) is 2. The quantitative estimate of drug-likeness (QED) is 0.315. The number of aromatic nitrogens is 1. The van der Waals surface area contributed by atoms with Gasteiger partial charge in [0.25, 0.3) is 0 Å². The minimum absolute atomic E-state index is 0.140. The molecule has 0 saturated carbocycles. The van der Waals surface area contributed by atoms with Gasteiger partial charge in [-0.2, -0.15) is 0 Å². The van der Waals surface area contributed by atoms with Crippen LogP contribution in [-0.4, -0.2) is 25.1 Å². The van der Waals surface area contributed by atoms with Gasteiger partial charge in [0.05, 0.1) is 27.4 Å². The molecule has 0 atom stereocenters. The van der Waals surface area contributed by atoms with Crippen LogP contribution in [-0.2, 0) is 21.2 Å². The molecule has 0 radical (unpaired) electrons. The molecule has 0 N–H and O–H groups in total. The number of hydrogen-bond donors (Lipinski definition) is 0. The smallest absolute Gasteiger partial charge is 0.230 e. The first-order valence-electron chi connectivity index (χ1n) is 10.4. The lowest BCUT2D eigenvalue weighted by atomic mass is 10.2. The molecule has 0 aliphatic heterocycles. The van der Waals surface area contributed by atoms with Gasteiger partial charge in [-0.15, -0.1) is 0 Å². The molecule has 1 aromatic heterocycles. The van der Waals surface area contributed by atoms with E-state index in [1.807, 2.05) is 56.3 Å². The fourth-order valence-corrected chi connectivity index (χ4v) is 5.88. The van der Waals surface area contributed by atoms with Gasteiger partial charge >= 0.3 is 0 Å². The van der Waals surface area contributed by atoms with Crippen molar-refractivity contribution in [3.05, 3.63) is 88.4 Å². The highest BCUT2D eigenvalue weighted by molar-refractivity contribution is 7.91. The van der Waals surface area contributed by atoms with Crippen LogP contribution in [0.2, 0.25) is 5.02 Å². The molecule has 0 unspecified atom stereocenters. The van der Waals surface area contributed by atoms with Gasteiger partial charge in [0, 0.05) is 11.4 Å². The number of amides is 1. The molecule has 0 spiro atoms. The summed E-state index contributed by atoms with van der Waals surface area (Å²) in [5.74, 6) is -0.562. The number of benzene rings is 3. The zero-order valence-electron chi connectivity index (χ0n) is 18.3. The van der Waals surface area contributed by atoms with E-state index in [1.165, 1.54) is 11.3 Å². The molecule has 4 aromatic rings. The Hall–Kier alpha value is -2.74. The van der Waals surface area contributed by atoms with Crippen molar-refractivity contribution in [1.82, 2.24) is 4.98 Å². The molecule has 0 saturated heterocycles. The minimum atomic E-state index is -3.58. The predicted molar refractivity (Wildman–Crippen MR) is 135 cm³/mol. The van der Waals surface area contributed by atoms with Crippen molar-refractivity contribution in [2.45, 2.75) is 31.7 Å². The highest BCUT2D eigenvalue weighted by atomic mass is 35.5. The van der Waals surface area contributed by atoms with Crippen LogP contribution in [0.1, 0.15) is 23.1 Å². The summed E-state index contributed by atoms with van der Waals surface area (Å²) in [4.78, 5) is 19.8. The lowest BCUT2D eigenvalue weighted by Gasteiger charge is -2.20. The maximum absolute atomic E-state index is 13.3. The summed E-state index contributed by atoms with van der Waals surface area (Å²) in [7, 11) is -3.58. The number of rotatable bonds is 7. The molecule has 3 aromatic carbocycles. The zero-order valence-corrected chi connectivity index (χ0v) is 20.7. The summed E-state index contributed by atoms with van der Waals surface area (Å²) in [5, 5.41) is 1.14. The number of carbonyl (C=O) groups is 1. The maximum Gasteiger partial charge on any atom is 0.230 e. The molecule has 5 nitrogen and oxygen atoms in total. The fourth-order valence-electron chi connectivity index (χ4n) is 3.45. The van der Waals surface area contributed by atoms with E-state index in [2.05, 4.69) is 0 Å². The van der Waals surface area contributed by atoms with Crippen LogP contribution in [0, 0.1) is 13.8 Å². The van der Waals surface area contributed by atoms with Gasteiger partial charge in [-0.1, -0.05) is 71.0 Å². The Bertz CT molecular complexity index is 1400. The van der Waals surface area contributed by atoms with E-state index >= 15 is 0 Å². The predicted octanol–water partition coefficient (Wildman–Crippen LogP) is 5.96. The summed E-state index contributed by atoms with van der Waals surface area (Å²) in [6, 6.07) is 20.0. The third-order valence-corrected chi connectivity index (χ3v) is 8.60. The van der Waals surface area contributed by atoms with E-state index in [0.29, 0.717) is 16.7 Å². The Labute approximate surface area is 202 Å². The van der Waals surface area contributed by atoms with E-state index in [-0.39, 0.29) is 23.0 Å². The fraction of sp³-hybridized carbons (Fsp3) is 0.200. The number of aryl methyl sites for hydroxylation is 2. The van der Waals surface area contributed by atoms with E-state index in [9.17, 15) is 13.2 Å². The van der Waals surface area contributed by atoms with Gasteiger partial charge in [-0.05, 0) is 49.2 Å². The van der Waals surface area contributed by atoms with Gasteiger partial charge in [-0.3, -0.25) is 9.69 Å². The Morgan fingerprint density at radius 2 is 1.70 bits per heavy atom. The maximum atomic E-state index is 13.3. The van der Waals surface area contributed by atoms with Crippen molar-refractivity contribution in [2.24, 2.45) is 0 Å². The molecule has 33 heavy (non-hydrogen) atoms. The molecule has 1 amide bonds. The Balaban J connectivity index is 1.62. The first-order valence-corrected chi connectivity index (χ1v) is 13.3. The zero-order chi connectivity index (χ0) is 23.6. The van der Waals surface area contributed by atoms with Gasteiger partial charge in [0.15, 0.2) is 15.0 Å². The van der Waals surface area contributed by atoms with Crippen LogP contribution in [0.25, 0.3) is 10.2 Å². The standard InChI is InChI=1S/C25H23ClN2O3S2/c1-17-8-10-20(11-9-17)33(30,31)15-14-23(29)28(16-19-6-4-3-5-7-19)25-27-24-18(2)21(26)12-13-22(24)32-25/h3-13H,14-16H2,1-2H3. The number of halogens is 1. The minimum Gasteiger partial charge on any atom is -0.284 e. The van der Waals surface area contributed by atoms with Crippen molar-refractivity contribution in [3.8, 4) is 0 Å². The number of anilines is 1. The molecule has 0 fully saturated rings. The van der Waals surface area contributed by atoms with Gasteiger partial charge < -0.3 is 0 Å². The monoisotopic (exact) mass is 498 g/mol. The summed E-state index contributed by atoms with van der Waals surface area (Å²) in [6.07, 6.45) is -0.140. The third kappa shape index (κ3) is 5.27. The van der Waals surface area contributed by atoms with Crippen LogP contribution in [0.3, 0.4) is 0 Å². The van der Waals surface area contributed by atoms with E-state index in [1.54, 1.807) is 29.2 Å². The largest absolute Gasteiger partial charge is 0.284 e. The first kappa shape index (κ1) is 23.4. The Morgan fingerprint density at radius 3 is 2.39 bits per heavy atom. The molecule has 170 valence electrons. The van der Waals surface area contributed by atoms with E-state index in [0.717, 1.165) is 26.9 Å². The number of carbonyl (C=O) groups excluding carboxylic acids is 1. The Morgan fingerprint density at radius 1 is 1.00 bits per heavy atom. The highest BCUT2D eigenvalue weighted by Gasteiger charge is 2.24. The SMILES string of the molecule is Cc1ccc(S(=O)(=O)CCC(=O)N(Cc2ccccc2)c2nc3c(C)c(Cl)ccc3s2)cc1. The average molecular weight is 499 g/mol. The molecular weight excluding hydrogens is 476 g/mol. The number of fused-ring (bicyclic) bond motifs is 1. The number of thiazole rings is 1. The lowest BCUT2D eigenvalue weighted by Crippen LogP contribution is -2.31. The molecule has 8 heteroatoms. The summed E-state index contributed by atoms with van der Waals surface area (Å²) >= 11 is 7.65. The topological polar surface area (TPSA) is 67.3 Å². The molecule has 1 heterocycles. The normalized spacial score (nSPS) is 11.6. The van der Waals surface area contributed by atoms with Crippen molar-refractivity contribution in [1.29, 1.82) is 0 Å². The second-order valence-corrected chi connectivity index (χ2v) is 11.4.